The van der Waals surface area contributed by atoms with E-state index in [9.17, 15) is 21.6 Å². The number of hydrogen-bond donors (Lipinski definition) is 1. The molecule has 1 heterocycles. The minimum Gasteiger partial charge on any atom is -0.317 e. The van der Waals surface area contributed by atoms with Crippen molar-refractivity contribution in [3.8, 4) is 0 Å². The van der Waals surface area contributed by atoms with Crippen LogP contribution >= 0.6 is 0 Å². The van der Waals surface area contributed by atoms with Crippen LogP contribution in [0.15, 0.2) is 24.3 Å². The Kier molecular flexibility index (Phi) is 4.39. The summed E-state index contributed by atoms with van der Waals surface area (Å²) in [5.74, 6) is -0.332. The smallest absolute Gasteiger partial charge is 0.317 e. The highest BCUT2D eigenvalue weighted by Crippen LogP contribution is 2.30. The minimum absolute atomic E-state index is 0.193. The van der Waals surface area contributed by atoms with Crippen LogP contribution in [0, 0.1) is 0 Å². The Hall–Kier alpha value is -1.08. The second-order valence-corrected chi connectivity index (χ2v) is 7.24. The third-order valence-electron chi connectivity index (χ3n) is 3.42. The Morgan fingerprint density at radius 2 is 1.85 bits per heavy atom. The van der Waals surface area contributed by atoms with Crippen molar-refractivity contribution >= 4 is 9.84 Å². The Labute approximate surface area is 116 Å². The molecule has 0 amide bonds. The van der Waals surface area contributed by atoms with E-state index >= 15 is 0 Å². The molecule has 2 rings (SSSR count). The lowest BCUT2D eigenvalue weighted by atomic mass is 10.1. The van der Waals surface area contributed by atoms with Gasteiger partial charge in [0, 0.05) is 0 Å². The first-order valence-corrected chi connectivity index (χ1v) is 8.09. The summed E-state index contributed by atoms with van der Waals surface area (Å²) in [6.45, 7) is 1.26. The number of piperidine rings is 1. The van der Waals surface area contributed by atoms with Crippen molar-refractivity contribution in [2.24, 2.45) is 0 Å². The molecule has 3 nitrogen and oxygen atoms in total. The molecule has 7 heteroatoms. The van der Waals surface area contributed by atoms with Crippen molar-refractivity contribution in [2.75, 3.05) is 13.1 Å². The first-order chi connectivity index (χ1) is 9.29. The zero-order valence-electron chi connectivity index (χ0n) is 10.8. The summed E-state index contributed by atoms with van der Waals surface area (Å²) in [6.07, 6.45) is -3.42. The van der Waals surface area contributed by atoms with Crippen LogP contribution in [-0.2, 0) is 21.8 Å². The summed E-state index contributed by atoms with van der Waals surface area (Å²) in [5, 5.41) is 2.61. The number of alkyl halides is 3. The monoisotopic (exact) mass is 307 g/mol. The summed E-state index contributed by atoms with van der Waals surface area (Å²) >= 11 is 0. The zero-order valence-corrected chi connectivity index (χ0v) is 11.6. The maximum atomic E-state index is 12.6. The van der Waals surface area contributed by atoms with Gasteiger partial charge in [0.1, 0.15) is 0 Å². The van der Waals surface area contributed by atoms with Crippen LogP contribution in [0.2, 0.25) is 0 Å². The molecule has 0 atom stereocenters. The van der Waals surface area contributed by atoms with Gasteiger partial charge in [0.15, 0.2) is 9.84 Å². The maximum Gasteiger partial charge on any atom is 0.416 e. The predicted octanol–water partition coefficient (Wildman–Crippen LogP) is 2.37. The lowest BCUT2D eigenvalue weighted by Gasteiger charge is -2.22. The van der Waals surface area contributed by atoms with Crippen LogP contribution in [0.25, 0.3) is 0 Å². The molecule has 20 heavy (non-hydrogen) atoms. The van der Waals surface area contributed by atoms with Crippen LogP contribution in [0.5, 0.6) is 0 Å². The summed E-state index contributed by atoms with van der Waals surface area (Å²) in [7, 11) is -3.41. The molecule has 0 aliphatic carbocycles. The van der Waals surface area contributed by atoms with Crippen molar-refractivity contribution in [3.63, 3.8) is 0 Å². The predicted molar refractivity (Wildman–Crippen MR) is 70.0 cm³/mol. The van der Waals surface area contributed by atoms with Gasteiger partial charge >= 0.3 is 6.18 Å². The van der Waals surface area contributed by atoms with E-state index in [1.54, 1.807) is 0 Å². The molecule has 0 aromatic heterocycles. The van der Waals surface area contributed by atoms with E-state index in [1.165, 1.54) is 12.1 Å². The quantitative estimate of drug-likeness (QED) is 0.932. The summed E-state index contributed by atoms with van der Waals surface area (Å²) < 4.78 is 62.2. The third kappa shape index (κ3) is 3.73. The zero-order chi connectivity index (χ0) is 14.8. The van der Waals surface area contributed by atoms with E-state index in [0.29, 0.717) is 25.9 Å². The number of benzene rings is 1. The molecule has 1 N–H and O–H groups in total. The molecule has 1 aliphatic heterocycles. The highest BCUT2D eigenvalue weighted by atomic mass is 32.2. The van der Waals surface area contributed by atoms with E-state index < -0.39 is 26.8 Å². The number of rotatable bonds is 3. The van der Waals surface area contributed by atoms with Gasteiger partial charge in [0.2, 0.25) is 0 Å². The topological polar surface area (TPSA) is 46.2 Å². The van der Waals surface area contributed by atoms with Gasteiger partial charge in [-0.3, -0.25) is 0 Å². The summed E-state index contributed by atoms with van der Waals surface area (Å²) in [5.41, 5.74) is -0.617. The van der Waals surface area contributed by atoms with Gasteiger partial charge < -0.3 is 5.32 Å². The van der Waals surface area contributed by atoms with Gasteiger partial charge in [-0.05, 0) is 37.6 Å². The fraction of sp³-hybridized carbons (Fsp3) is 0.538. The molecule has 1 aliphatic rings. The van der Waals surface area contributed by atoms with Gasteiger partial charge in [0.25, 0.3) is 0 Å². The normalized spacial score (nSPS) is 18.1. The van der Waals surface area contributed by atoms with E-state index in [4.69, 9.17) is 0 Å². The second kappa shape index (κ2) is 5.73. The van der Waals surface area contributed by atoms with Crippen LogP contribution in [0.1, 0.15) is 24.0 Å². The molecule has 0 unspecified atom stereocenters. The molecule has 0 bridgehead atoms. The fourth-order valence-electron chi connectivity index (χ4n) is 2.34. The third-order valence-corrected chi connectivity index (χ3v) is 5.64. The lowest BCUT2D eigenvalue weighted by Crippen LogP contribution is -2.36. The molecule has 112 valence electrons. The Balaban J connectivity index is 2.17. The van der Waals surface area contributed by atoms with Crippen LogP contribution in [-0.4, -0.2) is 26.8 Å². The Morgan fingerprint density at radius 3 is 2.45 bits per heavy atom. The minimum atomic E-state index is -4.45. The standard InChI is InChI=1S/C13H16F3NO2S/c14-13(15,16)11-3-1-2-10(8-11)9-20(18,19)12-4-6-17-7-5-12/h1-3,8,12,17H,4-7,9H2. The maximum absolute atomic E-state index is 12.6. The van der Waals surface area contributed by atoms with Crippen molar-refractivity contribution < 1.29 is 21.6 Å². The van der Waals surface area contributed by atoms with Gasteiger partial charge in [-0.25, -0.2) is 8.42 Å². The summed E-state index contributed by atoms with van der Waals surface area (Å²) in [6, 6.07) is 4.53. The lowest BCUT2D eigenvalue weighted by molar-refractivity contribution is -0.137. The van der Waals surface area contributed by atoms with Crippen molar-refractivity contribution in [1.82, 2.24) is 5.32 Å². The van der Waals surface area contributed by atoms with Gasteiger partial charge in [0.05, 0.1) is 16.6 Å². The molecule has 1 saturated heterocycles. The average molecular weight is 307 g/mol. The van der Waals surface area contributed by atoms with Crippen molar-refractivity contribution in [2.45, 2.75) is 30.0 Å². The first kappa shape index (κ1) is 15.3. The number of hydrogen-bond acceptors (Lipinski definition) is 3. The van der Waals surface area contributed by atoms with Crippen molar-refractivity contribution in [3.05, 3.63) is 35.4 Å². The number of halogens is 3. The van der Waals surface area contributed by atoms with Gasteiger partial charge in [-0.15, -0.1) is 0 Å². The number of nitrogens with one attached hydrogen (secondary N) is 1. The van der Waals surface area contributed by atoms with Crippen molar-refractivity contribution in [1.29, 1.82) is 0 Å². The molecule has 1 aromatic carbocycles. The molecule has 0 spiro atoms. The molecule has 0 radical (unpaired) electrons. The van der Waals surface area contributed by atoms with E-state index in [-0.39, 0.29) is 11.3 Å². The van der Waals surface area contributed by atoms with E-state index in [0.717, 1.165) is 12.1 Å². The molecule has 0 saturated carbocycles. The van der Waals surface area contributed by atoms with Gasteiger partial charge in [-0.1, -0.05) is 18.2 Å². The van der Waals surface area contributed by atoms with Crippen LogP contribution in [0.3, 0.4) is 0 Å². The van der Waals surface area contributed by atoms with E-state index in [2.05, 4.69) is 5.32 Å². The summed E-state index contributed by atoms with van der Waals surface area (Å²) in [4.78, 5) is 0. The van der Waals surface area contributed by atoms with Crippen LogP contribution in [0.4, 0.5) is 13.2 Å². The fourth-order valence-corrected chi connectivity index (χ4v) is 4.18. The second-order valence-electron chi connectivity index (χ2n) is 4.95. The molecule has 1 fully saturated rings. The first-order valence-electron chi connectivity index (χ1n) is 6.37. The molecular weight excluding hydrogens is 291 g/mol. The Bertz CT molecular complexity index is 563. The van der Waals surface area contributed by atoms with Crippen LogP contribution < -0.4 is 5.32 Å². The van der Waals surface area contributed by atoms with E-state index in [1.807, 2.05) is 0 Å². The highest BCUT2D eigenvalue weighted by Gasteiger charge is 2.32. The highest BCUT2D eigenvalue weighted by molar-refractivity contribution is 7.91. The number of sulfone groups is 1. The average Bonchev–Trinajstić information content (AvgIpc) is 2.38. The largest absolute Gasteiger partial charge is 0.416 e. The SMILES string of the molecule is O=S(=O)(Cc1cccc(C(F)(F)F)c1)C1CCNCC1. The Morgan fingerprint density at radius 1 is 1.20 bits per heavy atom. The molecular formula is C13H16F3NO2S. The molecule has 1 aromatic rings. The van der Waals surface area contributed by atoms with Gasteiger partial charge in [-0.2, -0.15) is 13.2 Å².